The van der Waals surface area contributed by atoms with Crippen molar-refractivity contribution in [3.05, 3.63) is 22.6 Å². The van der Waals surface area contributed by atoms with E-state index in [2.05, 4.69) is 26.9 Å². The molecule has 3 nitrogen and oxygen atoms in total. The number of hydrogen-bond acceptors (Lipinski definition) is 3. The predicted octanol–water partition coefficient (Wildman–Crippen LogP) is 3.86. The van der Waals surface area contributed by atoms with Crippen LogP contribution in [-0.2, 0) is 0 Å². The van der Waals surface area contributed by atoms with Gasteiger partial charge in [0.2, 0.25) is 0 Å². The first kappa shape index (κ1) is 12.2. The molecule has 1 N–H and O–H groups in total. The van der Waals surface area contributed by atoms with Crippen molar-refractivity contribution in [1.29, 1.82) is 0 Å². The van der Waals surface area contributed by atoms with Crippen molar-refractivity contribution < 1.29 is 0 Å². The van der Waals surface area contributed by atoms with Gasteiger partial charge in [-0.05, 0) is 50.4 Å². The predicted molar refractivity (Wildman–Crippen MR) is 79.8 cm³/mol. The summed E-state index contributed by atoms with van der Waals surface area (Å²) in [5.41, 5.74) is 3.12. The summed E-state index contributed by atoms with van der Waals surface area (Å²) in [5.74, 6) is 0. The van der Waals surface area contributed by atoms with E-state index in [0.717, 1.165) is 21.6 Å². The summed E-state index contributed by atoms with van der Waals surface area (Å²) in [4.78, 5) is 7.95. The molecule has 0 bridgehead atoms. The molecule has 96 valence electrons. The van der Waals surface area contributed by atoms with E-state index in [0.29, 0.717) is 11.3 Å². The highest BCUT2D eigenvalue weighted by Crippen LogP contribution is 2.38. The highest BCUT2D eigenvalue weighted by atomic mass is 32.2. The maximum atomic E-state index is 5.49. The number of aromatic amines is 1. The lowest BCUT2D eigenvalue weighted by atomic mass is 10.2. The number of aryl methyl sites for hydroxylation is 1. The number of H-pyrrole nitrogens is 1. The van der Waals surface area contributed by atoms with E-state index in [1.807, 2.05) is 24.8 Å². The first-order valence-corrected chi connectivity index (χ1v) is 8.01. The second-order valence-electron chi connectivity index (χ2n) is 4.90. The third kappa shape index (κ3) is 1.89. The summed E-state index contributed by atoms with van der Waals surface area (Å²) < 4.78 is 3.06. The van der Waals surface area contributed by atoms with E-state index >= 15 is 0 Å². The Bertz CT molecular complexity index is 629. The van der Waals surface area contributed by atoms with Crippen LogP contribution in [0.3, 0.4) is 0 Å². The van der Waals surface area contributed by atoms with Crippen molar-refractivity contribution >= 4 is 35.1 Å². The second-order valence-corrected chi connectivity index (χ2v) is 6.36. The van der Waals surface area contributed by atoms with Gasteiger partial charge < -0.3 is 4.98 Å². The normalized spacial score (nSPS) is 23.9. The molecule has 0 spiro atoms. The van der Waals surface area contributed by atoms with Crippen LogP contribution in [-0.4, -0.2) is 26.0 Å². The number of imidazole rings is 1. The van der Waals surface area contributed by atoms with Gasteiger partial charge in [-0.2, -0.15) is 11.8 Å². The Morgan fingerprint density at radius 1 is 1.44 bits per heavy atom. The molecule has 2 aromatic rings. The number of fused-ring (bicyclic) bond motifs is 1. The Balaban J connectivity index is 2.18. The molecule has 0 aromatic carbocycles. The van der Waals surface area contributed by atoms with Crippen molar-refractivity contribution in [1.82, 2.24) is 14.5 Å². The monoisotopic (exact) mass is 279 g/mol. The maximum Gasteiger partial charge on any atom is 0.179 e. The van der Waals surface area contributed by atoms with Gasteiger partial charge >= 0.3 is 0 Å². The van der Waals surface area contributed by atoms with Gasteiger partial charge in [0, 0.05) is 17.0 Å². The fourth-order valence-electron chi connectivity index (χ4n) is 2.88. The van der Waals surface area contributed by atoms with Gasteiger partial charge in [-0.3, -0.25) is 4.57 Å². The number of rotatable bonds is 2. The topological polar surface area (TPSA) is 33.6 Å². The Labute approximate surface area is 116 Å². The molecule has 1 aliphatic rings. The molecule has 2 heterocycles. The van der Waals surface area contributed by atoms with Crippen molar-refractivity contribution in [3.63, 3.8) is 0 Å². The first-order chi connectivity index (χ1) is 8.70. The van der Waals surface area contributed by atoms with Crippen LogP contribution in [0, 0.1) is 11.7 Å². The van der Waals surface area contributed by atoms with E-state index < -0.39 is 0 Å². The SMILES string of the molecule is CSC1CCCC1n1c(=S)[nH]c2ccc(C)nc21. The minimum Gasteiger partial charge on any atom is -0.329 e. The van der Waals surface area contributed by atoms with E-state index in [9.17, 15) is 0 Å². The van der Waals surface area contributed by atoms with Crippen LogP contribution < -0.4 is 0 Å². The van der Waals surface area contributed by atoms with Crippen LogP contribution in [0.25, 0.3) is 11.2 Å². The molecule has 1 aliphatic carbocycles. The summed E-state index contributed by atoms with van der Waals surface area (Å²) in [7, 11) is 0. The summed E-state index contributed by atoms with van der Waals surface area (Å²) in [5, 5.41) is 0.665. The summed E-state index contributed by atoms with van der Waals surface area (Å²) in [6.07, 6.45) is 5.98. The van der Waals surface area contributed by atoms with Crippen molar-refractivity contribution in [2.45, 2.75) is 37.5 Å². The fraction of sp³-hybridized carbons (Fsp3) is 0.538. The number of aromatic nitrogens is 3. The molecule has 2 atom stereocenters. The van der Waals surface area contributed by atoms with Crippen LogP contribution in [0.4, 0.5) is 0 Å². The Morgan fingerprint density at radius 3 is 3.06 bits per heavy atom. The smallest absolute Gasteiger partial charge is 0.179 e. The van der Waals surface area contributed by atoms with Crippen LogP contribution in [0.2, 0.25) is 0 Å². The molecular weight excluding hydrogens is 262 g/mol. The molecule has 0 saturated heterocycles. The van der Waals surface area contributed by atoms with Gasteiger partial charge in [-0.15, -0.1) is 0 Å². The van der Waals surface area contributed by atoms with Gasteiger partial charge in [0.05, 0.1) is 5.52 Å². The maximum absolute atomic E-state index is 5.49. The zero-order valence-electron chi connectivity index (χ0n) is 10.6. The third-order valence-electron chi connectivity index (χ3n) is 3.76. The molecular formula is C13H17N3S2. The lowest BCUT2D eigenvalue weighted by Crippen LogP contribution is -2.16. The molecule has 0 amide bonds. The van der Waals surface area contributed by atoms with Crippen LogP contribution in [0.1, 0.15) is 31.0 Å². The van der Waals surface area contributed by atoms with Crippen molar-refractivity contribution in [2.24, 2.45) is 0 Å². The largest absolute Gasteiger partial charge is 0.329 e. The van der Waals surface area contributed by atoms with Gasteiger partial charge in [-0.1, -0.05) is 6.42 Å². The summed E-state index contributed by atoms with van der Waals surface area (Å²) in [6, 6.07) is 4.60. The molecule has 1 fully saturated rings. The Morgan fingerprint density at radius 2 is 2.28 bits per heavy atom. The van der Waals surface area contributed by atoms with Crippen molar-refractivity contribution in [3.8, 4) is 0 Å². The summed E-state index contributed by atoms with van der Waals surface area (Å²) >= 11 is 7.44. The molecule has 0 radical (unpaired) electrons. The summed E-state index contributed by atoms with van der Waals surface area (Å²) in [6.45, 7) is 2.03. The zero-order chi connectivity index (χ0) is 12.7. The molecule has 5 heteroatoms. The quantitative estimate of drug-likeness (QED) is 0.848. The molecule has 2 unspecified atom stereocenters. The molecule has 2 aromatic heterocycles. The number of hydrogen-bond donors (Lipinski definition) is 1. The van der Waals surface area contributed by atoms with E-state index in [1.54, 1.807) is 0 Å². The van der Waals surface area contributed by atoms with Crippen LogP contribution in [0.5, 0.6) is 0 Å². The van der Waals surface area contributed by atoms with E-state index in [4.69, 9.17) is 12.2 Å². The average molecular weight is 279 g/mol. The van der Waals surface area contributed by atoms with Gasteiger partial charge in [0.15, 0.2) is 10.4 Å². The second kappa shape index (κ2) is 4.70. The van der Waals surface area contributed by atoms with E-state index in [-0.39, 0.29) is 0 Å². The molecule has 3 rings (SSSR count). The number of thioether (sulfide) groups is 1. The van der Waals surface area contributed by atoms with Gasteiger partial charge in [0.1, 0.15) is 0 Å². The number of nitrogens with zero attached hydrogens (tertiary/aromatic N) is 2. The molecule has 18 heavy (non-hydrogen) atoms. The van der Waals surface area contributed by atoms with Crippen LogP contribution in [0.15, 0.2) is 12.1 Å². The van der Waals surface area contributed by atoms with Gasteiger partial charge in [-0.25, -0.2) is 4.98 Å². The van der Waals surface area contributed by atoms with Crippen molar-refractivity contribution in [2.75, 3.05) is 6.26 Å². The lowest BCUT2D eigenvalue weighted by Gasteiger charge is -2.19. The third-order valence-corrected chi connectivity index (χ3v) is 5.21. The number of pyridine rings is 1. The number of nitrogens with one attached hydrogen (secondary N) is 1. The molecule has 0 aliphatic heterocycles. The first-order valence-electron chi connectivity index (χ1n) is 6.31. The minimum absolute atomic E-state index is 0.496. The lowest BCUT2D eigenvalue weighted by molar-refractivity contribution is 0.533. The van der Waals surface area contributed by atoms with Crippen LogP contribution >= 0.6 is 24.0 Å². The Kier molecular flexibility index (Phi) is 3.20. The molecule has 1 saturated carbocycles. The Hall–Kier alpha value is -0.810. The standard InChI is InChI=1S/C13H17N3S2/c1-8-6-7-9-12(14-8)16(13(17)15-9)10-4-3-5-11(10)18-2/h6-7,10-11H,3-5H2,1-2H3,(H,15,17). The zero-order valence-corrected chi connectivity index (χ0v) is 12.3. The average Bonchev–Trinajstić information content (AvgIpc) is 2.91. The minimum atomic E-state index is 0.496. The van der Waals surface area contributed by atoms with E-state index in [1.165, 1.54) is 19.3 Å². The fourth-order valence-corrected chi connectivity index (χ4v) is 4.19. The highest BCUT2D eigenvalue weighted by molar-refractivity contribution is 7.99. The van der Waals surface area contributed by atoms with Gasteiger partial charge in [0.25, 0.3) is 0 Å². The highest BCUT2D eigenvalue weighted by Gasteiger charge is 2.29.